The van der Waals surface area contributed by atoms with Crippen LogP contribution in [-0.2, 0) is 4.79 Å². The summed E-state index contributed by atoms with van der Waals surface area (Å²) >= 11 is 0. The number of para-hydroxylation sites is 1. The lowest BCUT2D eigenvalue weighted by atomic mass is 9.94. The molecule has 1 N–H and O–H groups in total. The Morgan fingerprint density at radius 1 is 1.32 bits per heavy atom. The van der Waals surface area contributed by atoms with E-state index in [1.54, 1.807) is 19.4 Å². The molecule has 0 saturated carbocycles. The molecule has 0 spiro atoms. The number of nitrogens with one attached hydrogen (secondary N) is 1. The molecule has 0 bridgehead atoms. The summed E-state index contributed by atoms with van der Waals surface area (Å²) in [6.45, 7) is 3.82. The lowest BCUT2D eigenvalue weighted by molar-refractivity contribution is -0.131. The molecule has 6 nitrogen and oxygen atoms in total. The van der Waals surface area contributed by atoms with E-state index in [-0.39, 0.29) is 11.8 Å². The number of hydrogen-bond acceptors (Lipinski definition) is 5. The molecule has 0 aliphatic carbocycles. The predicted molar refractivity (Wildman–Crippen MR) is 95.8 cm³/mol. The minimum atomic E-state index is 0.123. The summed E-state index contributed by atoms with van der Waals surface area (Å²) in [6, 6.07) is 7.85. The van der Waals surface area contributed by atoms with Crippen LogP contribution < -0.4 is 10.1 Å². The van der Waals surface area contributed by atoms with E-state index in [2.05, 4.69) is 15.3 Å². The Labute approximate surface area is 148 Å². The van der Waals surface area contributed by atoms with Crippen LogP contribution in [0.4, 0.5) is 0 Å². The first-order valence-electron chi connectivity index (χ1n) is 8.66. The van der Waals surface area contributed by atoms with E-state index in [0.29, 0.717) is 19.0 Å². The van der Waals surface area contributed by atoms with Gasteiger partial charge in [-0.3, -0.25) is 9.78 Å². The third-order valence-electron chi connectivity index (χ3n) is 4.48. The molecule has 132 valence electrons. The average molecular weight is 340 g/mol. The zero-order valence-electron chi connectivity index (χ0n) is 14.7. The second kappa shape index (κ2) is 8.07. The van der Waals surface area contributed by atoms with Crippen LogP contribution >= 0.6 is 0 Å². The lowest BCUT2D eigenvalue weighted by Gasteiger charge is -2.32. The standard InChI is InChI=1S/C19H24N4O2/c1-14-6-3-4-8-16(14)25-19-18(21-9-10-22-19)15-7-5-11-23(13-15)17(24)12-20-2/h3-4,6,8-10,15,20H,5,7,11-13H2,1-2H3. The van der Waals surface area contributed by atoms with E-state index in [4.69, 9.17) is 4.74 Å². The quantitative estimate of drug-likeness (QED) is 0.906. The van der Waals surface area contributed by atoms with Gasteiger partial charge < -0.3 is 15.0 Å². The number of likely N-dealkylation sites (N-methyl/N-ethyl adjacent to an activating group) is 1. The maximum atomic E-state index is 12.2. The number of rotatable bonds is 5. The van der Waals surface area contributed by atoms with Crippen molar-refractivity contribution >= 4 is 5.91 Å². The molecule has 1 saturated heterocycles. The van der Waals surface area contributed by atoms with Gasteiger partial charge in [-0.25, -0.2) is 4.98 Å². The number of likely N-dealkylation sites (tertiary alicyclic amines) is 1. The molecule has 1 aliphatic rings. The van der Waals surface area contributed by atoms with Gasteiger partial charge in [0.15, 0.2) is 0 Å². The summed E-state index contributed by atoms with van der Waals surface area (Å²) in [7, 11) is 1.79. The second-order valence-electron chi connectivity index (χ2n) is 6.32. The van der Waals surface area contributed by atoms with Crippen molar-refractivity contribution in [3.8, 4) is 11.6 Å². The number of aromatic nitrogens is 2. The fraction of sp³-hybridized carbons (Fsp3) is 0.421. The average Bonchev–Trinajstić information content (AvgIpc) is 2.64. The molecule has 1 amide bonds. The van der Waals surface area contributed by atoms with Crippen molar-refractivity contribution in [2.24, 2.45) is 0 Å². The summed E-state index contributed by atoms with van der Waals surface area (Å²) in [4.78, 5) is 23.0. The van der Waals surface area contributed by atoms with Crippen molar-refractivity contribution in [2.75, 3.05) is 26.7 Å². The van der Waals surface area contributed by atoms with E-state index in [9.17, 15) is 4.79 Å². The van der Waals surface area contributed by atoms with Crippen molar-refractivity contribution in [1.29, 1.82) is 0 Å². The molecule has 2 heterocycles. The number of ether oxygens (including phenoxy) is 1. The number of aryl methyl sites for hydroxylation is 1. The van der Waals surface area contributed by atoms with Crippen molar-refractivity contribution in [1.82, 2.24) is 20.2 Å². The molecule has 1 unspecified atom stereocenters. The van der Waals surface area contributed by atoms with Gasteiger partial charge in [-0.05, 0) is 38.4 Å². The summed E-state index contributed by atoms with van der Waals surface area (Å²) < 4.78 is 6.05. The fourth-order valence-electron chi connectivity index (χ4n) is 3.16. The molecule has 3 rings (SSSR count). The molecule has 1 aliphatic heterocycles. The molecule has 6 heteroatoms. The van der Waals surface area contributed by atoms with Gasteiger partial charge in [0.1, 0.15) is 11.4 Å². The number of hydrogen-bond donors (Lipinski definition) is 1. The smallest absolute Gasteiger partial charge is 0.241 e. The van der Waals surface area contributed by atoms with E-state index >= 15 is 0 Å². The van der Waals surface area contributed by atoms with Crippen molar-refractivity contribution < 1.29 is 9.53 Å². The van der Waals surface area contributed by atoms with Crippen LogP contribution in [0.15, 0.2) is 36.7 Å². The zero-order chi connectivity index (χ0) is 17.6. The van der Waals surface area contributed by atoms with Gasteiger partial charge in [-0.2, -0.15) is 0 Å². The molecule has 0 radical (unpaired) electrons. The predicted octanol–water partition coefficient (Wildman–Crippen LogP) is 2.50. The first kappa shape index (κ1) is 17.4. The van der Waals surface area contributed by atoms with Crippen LogP contribution in [0.3, 0.4) is 0 Å². The van der Waals surface area contributed by atoms with E-state index in [0.717, 1.165) is 36.4 Å². The first-order chi connectivity index (χ1) is 12.2. The Morgan fingerprint density at radius 2 is 2.12 bits per heavy atom. The normalized spacial score (nSPS) is 17.4. The Hall–Kier alpha value is -2.47. The molecule has 1 aromatic heterocycles. The number of nitrogens with zero attached hydrogens (tertiary/aromatic N) is 3. The SMILES string of the molecule is CNCC(=O)N1CCCC(c2nccnc2Oc2ccccc2C)C1. The van der Waals surface area contributed by atoms with Gasteiger partial charge in [-0.1, -0.05) is 18.2 Å². The maximum Gasteiger partial charge on any atom is 0.241 e. The number of piperidine rings is 1. The van der Waals surface area contributed by atoms with Crippen molar-refractivity contribution in [2.45, 2.75) is 25.7 Å². The molecule has 1 fully saturated rings. The second-order valence-corrected chi connectivity index (χ2v) is 6.32. The minimum Gasteiger partial charge on any atom is -0.437 e. The van der Waals surface area contributed by atoms with Gasteiger partial charge in [0.2, 0.25) is 11.8 Å². The number of amides is 1. The van der Waals surface area contributed by atoms with E-state index < -0.39 is 0 Å². The highest BCUT2D eigenvalue weighted by Crippen LogP contribution is 2.33. The van der Waals surface area contributed by atoms with Crippen LogP contribution in [0.5, 0.6) is 11.6 Å². The van der Waals surface area contributed by atoms with Crippen LogP contribution in [-0.4, -0.2) is 47.5 Å². The molecular weight excluding hydrogens is 316 g/mol. The van der Waals surface area contributed by atoms with Gasteiger partial charge in [-0.15, -0.1) is 0 Å². The van der Waals surface area contributed by atoms with Crippen LogP contribution in [0.2, 0.25) is 0 Å². The van der Waals surface area contributed by atoms with Gasteiger partial charge in [0.25, 0.3) is 0 Å². The fourth-order valence-corrected chi connectivity index (χ4v) is 3.16. The zero-order valence-corrected chi connectivity index (χ0v) is 14.7. The largest absolute Gasteiger partial charge is 0.437 e. The number of carbonyl (C=O) groups excluding carboxylic acids is 1. The summed E-state index contributed by atoms with van der Waals surface area (Å²) in [5, 5.41) is 2.93. The van der Waals surface area contributed by atoms with Crippen molar-refractivity contribution in [3.05, 3.63) is 47.9 Å². The molecule has 1 atom stereocenters. The van der Waals surface area contributed by atoms with Gasteiger partial charge >= 0.3 is 0 Å². The third kappa shape index (κ3) is 4.14. The lowest BCUT2D eigenvalue weighted by Crippen LogP contribution is -2.43. The summed E-state index contributed by atoms with van der Waals surface area (Å²) in [5.74, 6) is 1.58. The van der Waals surface area contributed by atoms with E-state index in [1.807, 2.05) is 36.1 Å². The first-order valence-corrected chi connectivity index (χ1v) is 8.66. The van der Waals surface area contributed by atoms with Crippen LogP contribution in [0.1, 0.15) is 30.0 Å². The number of benzene rings is 1. The maximum absolute atomic E-state index is 12.2. The topological polar surface area (TPSA) is 67.4 Å². The van der Waals surface area contributed by atoms with Crippen LogP contribution in [0.25, 0.3) is 0 Å². The Balaban J connectivity index is 1.80. The molecular formula is C19H24N4O2. The molecule has 1 aromatic carbocycles. The highest BCUT2D eigenvalue weighted by molar-refractivity contribution is 5.78. The minimum absolute atomic E-state index is 0.123. The van der Waals surface area contributed by atoms with Crippen LogP contribution in [0, 0.1) is 6.92 Å². The number of carbonyl (C=O) groups is 1. The third-order valence-corrected chi connectivity index (χ3v) is 4.48. The van der Waals surface area contributed by atoms with E-state index in [1.165, 1.54) is 0 Å². The van der Waals surface area contributed by atoms with Gasteiger partial charge in [0, 0.05) is 31.4 Å². The molecule has 2 aromatic rings. The summed E-state index contributed by atoms with van der Waals surface area (Å²) in [5.41, 5.74) is 1.88. The Bertz CT molecular complexity index is 735. The highest BCUT2D eigenvalue weighted by atomic mass is 16.5. The highest BCUT2D eigenvalue weighted by Gasteiger charge is 2.28. The van der Waals surface area contributed by atoms with Gasteiger partial charge in [0.05, 0.1) is 6.54 Å². The Morgan fingerprint density at radius 3 is 2.92 bits per heavy atom. The van der Waals surface area contributed by atoms with Crippen molar-refractivity contribution in [3.63, 3.8) is 0 Å². The summed E-state index contributed by atoms with van der Waals surface area (Å²) in [6.07, 6.45) is 5.27. The Kier molecular flexibility index (Phi) is 5.60. The molecule has 25 heavy (non-hydrogen) atoms. The monoisotopic (exact) mass is 340 g/mol.